The molecule has 1 spiro atoms. The maximum Gasteiger partial charge on any atom is 0.418 e. The van der Waals surface area contributed by atoms with Gasteiger partial charge in [-0.1, -0.05) is 20.8 Å². The first-order valence-corrected chi connectivity index (χ1v) is 16.7. The number of pyridine rings is 2. The number of nitrogens with two attached hydrogens (primary N) is 1. The zero-order chi connectivity index (χ0) is 37.2. The van der Waals surface area contributed by atoms with E-state index in [-0.39, 0.29) is 29.5 Å². The molecule has 50 heavy (non-hydrogen) atoms. The number of aryl methyl sites for hydroxylation is 1. The summed E-state index contributed by atoms with van der Waals surface area (Å²) in [5.74, 6) is -6.28. The maximum atomic E-state index is 16.0. The van der Waals surface area contributed by atoms with Crippen LogP contribution in [0.1, 0.15) is 71.1 Å². The van der Waals surface area contributed by atoms with Crippen LogP contribution in [0.15, 0.2) is 0 Å². The predicted octanol–water partition coefficient (Wildman–Crippen LogP) is 7.00. The Hall–Kier alpha value is -3.73. The smallest absolute Gasteiger partial charge is 0.418 e. The summed E-state index contributed by atoms with van der Waals surface area (Å²) in [6.07, 6.45) is -1.80. The molecule has 2 aliphatic heterocycles. The highest BCUT2D eigenvalue weighted by Crippen LogP contribution is 2.67. The number of methoxy groups -OCH3 is 1. The third-order valence-corrected chi connectivity index (χ3v) is 9.18. The summed E-state index contributed by atoms with van der Waals surface area (Å²) in [5, 5.41) is 5.87. The third kappa shape index (κ3) is 7.62. The summed E-state index contributed by atoms with van der Waals surface area (Å²) < 4.78 is 110. The van der Waals surface area contributed by atoms with E-state index >= 15 is 8.78 Å². The first kappa shape index (κ1) is 39.1. The van der Waals surface area contributed by atoms with Gasteiger partial charge in [0.1, 0.15) is 22.4 Å². The topological polar surface area (TPSA) is 123 Å². The van der Waals surface area contributed by atoms with Gasteiger partial charge in [0, 0.05) is 32.1 Å². The second-order valence-electron chi connectivity index (χ2n) is 12.5. The molecule has 2 saturated heterocycles. The number of likely N-dealkylation sites (N-methyl/N-ethyl adjacent to an activating group) is 1. The van der Waals surface area contributed by atoms with Crippen molar-refractivity contribution in [2.75, 3.05) is 51.4 Å². The van der Waals surface area contributed by atoms with Crippen molar-refractivity contribution >= 4 is 22.5 Å². The van der Waals surface area contributed by atoms with Gasteiger partial charge in [-0.2, -0.15) is 23.1 Å². The lowest BCUT2D eigenvalue weighted by atomic mass is 10.0. The van der Waals surface area contributed by atoms with Crippen molar-refractivity contribution in [3.8, 4) is 23.1 Å². The Morgan fingerprint density at radius 1 is 1.08 bits per heavy atom. The molecule has 278 valence electrons. The van der Waals surface area contributed by atoms with Gasteiger partial charge >= 0.3 is 12.2 Å². The standard InChI is InChI=1S/C22H26F5N7O2.C9H13F2N.C2H6/c1-6-9(2)36-20-12-17(33-21(35-5)34-19(12)30-8-7-29-4)15(24)16(32-20)11-13(22(25,26)27)10(3)31-18(28)14(11)23;10-9(11)5-8(9)4-7-2-1-3-12(7)6-8;1-2/h9,29H,6-8H2,1-5H3,(H2,28,31)(H,30,33,34);7H,1-6H2;1-2H3. The van der Waals surface area contributed by atoms with E-state index in [1.54, 1.807) is 20.9 Å². The Morgan fingerprint density at radius 2 is 1.76 bits per heavy atom. The van der Waals surface area contributed by atoms with Gasteiger partial charge in [0.15, 0.2) is 17.5 Å². The zero-order valence-electron chi connectivity index (χ0n) is 29.3. The van der Waals surface area contributed by atoms with Gasteiger partial charge in [-0.25, -0.2) is 27.5 Å². The molecule has 5 heterocycles. The van der Waals surface area contributed by atoms with E-state index < -0.39 is 69.1 Å². The second kappa shape index (κ2) is 15.3. The maximum absolute atomic E-state index is 16.0. The van der Waals surface area contributed by atoms with E-state index in [2.05, 4.69) is 35.5 Å². The number of nitrogen functional groups attached to an aromatic ring is 1. The summed E-state index contributed by atoms with van der Waals surface area (Å²) in [7, 11) is 2.96. The minimum absolute atomic E-state index is 0.0406. The van der Waals surface area contributed by atoms with Crippen molar-refractivity contribution in [2.45, 2.75) is 91.0 Å². The molecule has 3 fully saturated rings. The fraction of sp³-hybridized carbons (Fsp3) is 0.636. The Bertz CT molecular complexity index is 1660. The van der Waals surface area contributed by atoms with Gasteiger partial charge in [-0.3, -0.25) is 4.90 Å². The quantitative estimate of drug-likeness (QED) is 0.158. The molecule has 0 aromatic carbocycles. The number of halogens is 7. The number of hydrogen-bond donors (Lipinski definition) is 3. The number of nitrogens with one attached hydrogen (secondary N) is 2. The molecule has 0 radical (unpaired) electrons. The lowest BCUT2D eigenvalue weighted by Gasteiger charge is -2.20. The summed E-state index contributed by atoms with van der Waals surface area (Å²) in [5.41, 5.74) is 0.143. The van der Waals surface area contributed by atoms with Crippen molar-refractivity contribution < 1.29 is 40.2 Å². The van der Waals surface area contributed by atoms with Crippen LogP contribution < -0.4 is 25.8 Å². The molecule has 17 heteroatoms. The molecule has 3 aromatic heterocycles. The van der Waals surface area contributed by atoms with Crippen LogP contribution in [0.2, 0.25) is 0 Å². The van der Waals surface area contributed by atoms with E-state index in [4.69, 9.17) is 15.2 Å². The zero-order valence-corrected chi connectivity index (χ0v) is 29.3. The van der Waals surface area contributed by atoms with E-state index in [9.17, 15) is 22.0 Å². The van der Waals surface area contributed by atoms with E-state index in [0.717, 1.165) is 26.3 Å². The third-order valence-electron chi connectivity index (χ3n) is 9.18. The molecule has 6 rings (SSSR count). The molecular formula is C33H45F7N8O2. The number of rotatable bonds is 9. The van der Waals surface area contributed by atoms with Crippen molar-refractivity contribution in [2.24, 2.45) is 5.41 Å². The highest BCUT2D eigenvalue weighted by atomic mass is 19.4. The number of alkyl halides is 5. The number of aromatic nitrogens is 4. The molecule has 0 amide bonds. The number of anilines is 2. The van der Waals surface area contributed by atoms with Gasteiger partial charge in [-0.15, -0.1) is 0 Å². The molecular weight excluding hydrogens is 673 g/mol. The Kier molecular flexibility index (Phi) is 11.9. The van der Waals surface area contributed by atoms with Crippen molar-refractivity contribution in [1.29, 1.82) is 0 Å². The van der Waals surface area contributed by atoms with Crippen molar-refractivity contribution in [3.05, 3.63) is 22.9 Å². The minimum Gasteiger partial charge on any atom is -0.474 e. The summed E-state index contributed by atoms with van der Waals surface area (Å²) in [6, 6.07) is 0.223. The first-order chi connectivity index (χ1) is 23.6. The van der Waals surface area contributed by atoms with E-state index in [1.807, 2.05) is 13.8 Å². The lowest BCUT2D eigenvalue weighted by molar-refractivity contribution is -0.138. The summed E-state index contributed by atoms with van der Waals surface area (Å²) >= 11 is 0. The van der Waals surface area contributed by atoms with Crippen LogP contribution in [0.5, 0.6) is 11.9 Å². The highest BCUT2D eigenvalue weighted by Gasteiger charge is 2.74. The number of ether oxygens (including phenoxy) is 2. The van der Waals surface area contributed by atoms with Gasteiger partial charge in [0.2, 0.25) is 5.88 Å². The monoisotopic (exact) mass is 718 g/mol. The van der Waals surface area contributed by atoms with Gasteiger partial charge in [-0.05, 0) is 53.1 Å². The van der Waals surface area contributed by atoms with E-state index in [0.29, 0.717) is 32.1 Å². The lowest BCUT2D eigenvalue weighted by Crippen LogP contribution is -2.23. The van der Waals surface area contributed by atoms with E-state index in [1.165, 1.54) is 13.5 Å². The largest absolute Gasteiger partial charge is 0.474 e. The molecule has 4 N–H and O–H groups in total. The molecule has 1 saturated carbocycles. The van der Waals surface area contributed by atoms with Crippen LogP contribution in [-0.4, -0.2) is 83.2 Å². The van der Waals surface area contributed by atoms with Crippen LogP contribution >= 0.6 is 0 Å². The molecule has 3 aromatic rings. The molecule has 1 aliphatic carbocycles. The van der Waals surface area contributed by atoms with Crippen LogP contribution in [0, 0.1) is 24.0 Å². The normalized spacial score (nSPS) is 21.2. The van der Waals surface area contributed by atoms with Gasteiger partial charge in [0.25, 0.3) is 5.92 Å². The van der Waals surface area contributed by atoms with Crippen molar-refractivity contribution in [1.82, 2.24) is 30.2 Å². The Balaban J connectivity index is 0.000000329. The van der Waals surface area contributed by atoms with Crippen LogP contribution in [-0.2, 0) is 6.18 Å². The SMILES string of the molecule is CC.CCC(C)Oc1nc(-c2c(F)c(N)nc(C)c2C(F)(F)F)c(F)c2nc(OC)nc(NCCNC)c12.FC1(F)CC12CC1CCCN1C2. The molecule has 0 bridgehead atoms. The van der Waals surface area contributed by atoms with Gasteiger partial charge in [0.05, 0.1) is 35.4 Å². The van der Waals surface area contributed by atoms with Crippen LogP contribution in [0.3, 0.4) is 0 Å². The molecule has 10 nitrogen and oxygen atoms in total. The second-order valence-corrected chi connectivity index (χ2v) is 12.5. The van der Waals surface area contributed by atoms with Crippen LogP contribution in [0.4, 0.5) is 42.4 Å². The fourth-order valence-corrected chi connectivity index (χ4v) is 6.46. The fourth-order valence-electron chi connectivity index (χ4n) is 6.46. The minimum atomic E-state index is -5.09. The average molecular weight is 719 g/mol. The number of hydrogen-bond acceptors (Lipinski definition) is 10. The van der Waals surface area contributed by atoms with Crippen molar-refractivity contribution in [3.63, 3.8) is 0 Å². The molecule has 3 unspecified atom stereocenters. The number of nitrogens with zero attached hydrogens (tertiary/aromatic N) is 5. The Labute approximate surface area is 286 Å². The summed E-state index contributed by atoms with van der Waals surface area (Å²) in [4.78, 5) is 17.9. The molecule has 3 atom stereocenters. The molecule has 3 aliphatic rings. The number of fused-ring (bicyclic) bond motifs is 2. The predicted molar refractivity (Wildman–Crippen MR) is 177 cm³/mol. The Morgan fingerprint density at radius 3 is 2.32 bits per heavy atom. The van der Waals surface area contributed by atoms with Gasteiger partial charge < -0.3 is 25.8 Å². The highest BCUT2D eigenvalue weighted by molar-refractivity contribution is 5.96. The first-order valence-electron chi connectivity index (χ1n) is 16.7. The summed E-state index contributed by atoms with van der Waals surface area (Å²) in [6.45, 7) is 11.0. The average Bonchev–Trinajstić information content (AvgIpc) is 3.31. The van der Waals surface area contributed by atoms with Crippen LogP contribution in [0.25, 0.3) is 22.2 Å².